The van der Waals surface area contributed by atoms with Gasteiger partial charge in [-0.25, -0.2) is 8.42 Å². The molecule has 2 aromatic rings. The van der Waals surface area contributed by atoms with Crippen molar-refractivity contribution in [3.8, 4) is 0 Å². The van der Waals surface area contributed by atoms with Crippen molar-refractivity contribution in [2.75, 3.05) is 23.7 Å². The summed E-state index contributed by atoms with van der Waals surface area (Å²) >= 11 is 6.03. The molecule has 0 aliphatic carbocycles. The second kappa shape index (κ2) is 11.3. The van der Waals surface area contributed by atoms with Gasteiger partial charge in [0.15, 0.2) is 0 Å². The molecule has 2 amide bonds. The Bertz CT molecular complexity index is 1040. The fourth-order valence-corrected chi connectivity index (χ4v) is 4.14. The average molecular weight is 480 g/mol. The van der Waals surface area contributed by atoms with Crippen LogP contribution in [0.25, 0.3) is 0 Å². The number of rotatable bonds is 10. The van der Waals surface area contributed by atoms with Crippen LogP contribution in [0.4, 0.5) is 5.69 Å². The summed E-state index contributed by atoms with van der Waals surface area (Å²) in [5, 5.41) is 3.16. The molecule has 2 aromatic carbocycles. The number of anilines is 1. The molecular weight excluding hydrogens is 450 g/mol. The van der Waals surface area contributed by atoms with E-state index in [4.69, 9.17) is 11.6 Å². The average Bonchev–Trinajstić information content (AvgIpc) is 2.73. The van der Waals surface area contributed by atoms with Gasteiger partial charge in [0.05, 0.1) is 11.9 Å². The number of aryl methyl sites for hydroxylation is 1. The first-order valence-electron chi connectivity index (χ1n) is 10.4. The molecule has 0 saturated carbocycles. The van der Waals surface area contributed by atoms with E-state index in [0.29, 0.717) is 11.6 Å². The molecule has 1 N–H and O–H groups in total. The second-order valence-electron chi connectivity index (χ2n) is 7.72. The summed E-state index contributed by atoms with van der Waals surface area (Å²) < 4.78 is 25.9. The summed E-state index contributed by atoms with van der Waals surface area (Å²) in [5.74, 6) is -0.781. The van der Waals surface area contributed by atoms with Crippen LogP contribution < -0.4 is 9.62 Å². The van der Waals surface area contributed by atoms with Crippen molar-refractivity contribution < 1.29 is 18.0 Å². The van der Waals surface area contributed by atoms with Crippen molar-refractivity contribution in [1.29, 1.82) is 0 Å². The molecule has 0 radical (unpaired) electrons. The van der Waals surface area contributed by atoms with Crippen LogP contribution in [0.3, 0.4) is 0 Å². The maximum absolute atomic E-state index is 13.4. The Kier molecular flexibility index (Phi) is 9.09. The van der Waals surface area contributed by atoms with Crippen LogP contribution >= 0.6 is 11.6 Å². The molecule has 0 heterocycles. The van der Waals surface area contributed by atoms with Gasteiger partial charge in [0.1, 0.15) is 12.6 Å². The number of amides is 2. The number of carbonyl (C=O) groups is 2. The Morgan fingerprint density at radius 2 is 1.78 bits per heavy atom. The maximum Gasteiger partial charge on any atom is 0.244 e. The number of halogens is 1. The van der Waals surface area contributed by atoms with Gasteiger partial charge in [-0.05, 0) is 44.0 Å². The highest BCUT2D eigenvalue weighted by Crippen LogP contribution is 2.22. The first-order valence-corrected chi connectivity index (χ1v) is 12.6. The number of sulfonamides is 1. The fourth-order valence-electron chi connectivity index (χ4n) is 3.11. The number of carbonyl (C=O) groups excluding carboxylic acids is 2. The van der Waals surface area contributed by atoms with Crippen molar-refractivity contribution in [2.45, 2.75) is 39.8 Å². The zero-order chi connectivity index (χ0) is 23.9. The molecule has 0 fully saturated rings. The Balaban J connectivity index is 2.35. The number of nitrogens with zero attached hydrogens (tertiary/aromatic N) is 2. The van der Waals surface area contributed by atoms with Crippen LogP contribution in [0.1, 0.15) is 31.4 Å². The highest BCUT2D eigenvalue weighted by atomic mass is 35.5. The van der Waals surface area contributed by atoms with E-state index in [0.717, 1.165) is 28.1 Å². The summed E-state index contributed by atoms with van der Waals surface area (Å²) in [6.45, 7) is 5.76. The zero-order valence-corrected chi connectivity index (χ0v) is 20.4. The molecule has 0 bridgehead atoms. The Labute approximate surface area is 195 Å². The standard InChI is InChI=1S/C23H30ClN3O4S/c1-5-13-25-23(29)18(3)26(15-19-11-9-17(2)10-12-19)22(28)16-27(32(4,30)31)21-8-6-7-20(24)14-21/h6-12,14,18H,5,13,15-16H2,1-4H3,(H,25,29)/t18-/m0/s1. The summed E-state index contributed by atoms with van der Waals surface area (Å²) in [6, 6.07) is 13.1. The third-order valence-corrected chi connectivity index (χ3v) is 6.34. The van der Waals surface area contributed by atoms with E-state index in [1.165, 1.54) is 11.0 Å². The lowest BCUT2D eigenvalue weighted by atomic mass is 10.1. The second-order valence-corrected chi connectivity index (χ2v) is 10.1. The van der Waals surface area contributed by atoms with E-state index >= 15 is 0 Å². The van der Waals surface area contributed by atoms with Gasteiger partial charge in [-0.2, -0.15) is 0 Å². The zero-order valence-electron chi connectivity index (χ0n) is 18.8. The van der Waals surface area contributed by atoms with Crippen LogP contribution in [0, 0.1) is 6.92 Å². The van der Waals surface area contributed by atoms with E-state index in [1.54, 1.807) is 25.1 Å². The van der Waals surface area contributed by atoms with Gasteiger partial charge in [0.25, 0.3) is 0 Å². The molecule has 0 aliphatic heterocycles. The van der Waals surface area contributed by atoms with E-state index in [1.807, 2.05) is 38.1 Å². The first kappa shape index (κ1) is 25.7. The molecule has 0 aromatic heterocycles. The predicted molar refractivity (Wildman–Crippen MR) is 128 cm³/mol. The molecule has 174 valence electrons. The lowest BCUT2D eigenvalue weighted by Crippen LogP contribution is -2.51. The van der Waals surface area contributed by atoms with Gasteiger partial charge >= 0.3 is 0 Å². The van der Waals surface area contributed by atoms with Crippen molar-refractivity contribution in [3.05, 3.63) is 64.7 Å². The van der Waals surface area contributed by atoms with Crippen LogP contribution in [-0.4, -0.2) is 50.5 Å². The van der Waals surface area contributed by atoms with Gasteiger partial charge in [-0.3, -0.25) is 13.9 Å². The van der Waals surface area contributed by atoms with Gasteiger partial charge in [-0.15, -0.1) is 0 Å². The normalized spacial score (nSPS) is 12.2. The molecule has 0 unspecified atom stereocenters. The summed E-state index contributed by atoms with van der Waals surface area (Å²) in [6.07, 6.45) is 1.80. The van der Waals surface area contributed by atoms with E-state index in [9.17, 15) is 18.0 Å². The number of hydrogen-bond donors (Lipinski definition) is 1. The summed E-state index contributed by atoms with van der Waals surface area (Å²) in [4.78, 5) is 27.4. The van der Waals surface area contributed by atoms with E-state index in [-0.39, 0.29) is 18.1 Å². The van der Waals surface area contributed by atoms with Crippen LogP contribution in [0.2, 0.25) is 5.02 Å². The predicted octanol–water partition coefficient (Wildman–Crippen LogP) is 3.36. The highest BCUT2D eigenvalue weighted by molar-refractivity contribution is 7.92. The van der Waals surface area contributed by atoms with Crippen LogP contribution in [-0.2, 0) is 26.2 Å². The van der Waals surface area contributed by atoms with Crippen molar-refractivity contribution in [2.24, 2.45) is 0 Å². The van der Waals surface area contributed by atoms with Gasteiger partial charge in [-0.1, -0.05) is 54.4 Å². The Morgan fingerprint density at radius 1 is 1.12 bits per heavy atom. The number of nitrogens with one attached hydrogen (secondary N) is 1. The van der Waals surface area contributed by atoms with Gasteiger partial charge in [0, 0.05) is 18.1 Å². The lowest BCUT2D eigenvalue weighted by Gasteiger charge is -2.31. The molecule has 0 aliphatic rings. The quantitative estimate of drug-likeness (QED) is 0.566. The smallest absolute Gasteiger partial charge is 0.244 e. The van der Waals surface area contributed by atoms with E-state index < -0.39 is 28.5 Å². The third-order valence-electron chi connectivity index (χ3n) is 4.97. The fraction of sp³-hybridized carbons (Fsp3) is 0.391. The minimum atomic E-state index is -3.78. The van der Waals surface area contributed by atoms with Crippen molar-refractivity contribution >= 4 is 39.1 Å². The van der Waals surface area contributed by atoms with Crippen molar-refractivity contribution in [1.82, 2.24) is 10.2 Å². The lowest BCUT2D eigenvalue weighted by molar-refractivity contribution is -0.139. The molecular formula is C23H30ClN3O4S. The molecule has 2 rings (SSSR count). The molecule has 0 spiro atoms. The van der Waals surface area contributed by atoms with Gasteiger partial charge in [0.2, 0.25) is 21.8 Å². The minimum absolute atomic E-state index is 0.174. The van der Waals surface area contributed by atoms with Crippen LogP contribution in [0.15, 0.2) is 48.5 Å². The van der Waals surface area contributed by atoms with Crippen molar-refractivity contribution in [3.63, 3.8) is 0 Å². The monoisotopic (exact) mass is 479 g/mol. The first-order chi connectivity index (χ1) is 15.0. The molecule has 1 atom stereocenters. The number of hydrogen-bond acceptors (Lipinski definition) is 4. The van der Waals surface area contributed by atoms with Crippen LogP contribution in [0.5, 0.6) is 0 Å². The Morgan fingerprint density at radius 3 is 2.34 bits per heavy atom. The molecule has 0 saturated heterocycles. The maximum atomic E-state index is 13.4. The molecule has 9 heteroatoms. The number of benzene rings is 2. The topological polar surface area (TPSA) is 86.8 Å². The summed E-state index contributed by atoms with van der Waals surface area (Å²) in [7, 11) is -3.78. The SMILES string of the molecule is CCCNC(=O)[C@H](C)N(Cc1ccc(C)cc1)C(=O)CN(c1cccc(Cl)c1)S(C)(=O)=O. The van der Waals surface area contributed by atoms with Gasteiger partial charge < -0.3 is 10.2 Å². The Hall–Kier alpha value is -2.58. The largest absolute Gasteiger partial charge is 0.354 e. The highest BCUT2D eigenvalue weighted by Gasteiger charge is 2.30. The minimum Gasteiger partial charge on any atom is -0.354 e. The molecule has 7 nitrogen and oxygen atoms in total. The summed E-state index contributed by atoms with van der Waals surface area (Å²) in [5.41, 5.74) is 2.20. The van der Waals surface area contributed by atoms with E-state index in [2.05, 4.69) is 5.32 Å². The molecule has 32 heavy (non-hydrogen) atoms. The third kappa shape index (κ3) is 7.24.